The number of hydrogen-bond donors (Lipinski definition) is 2. The Kier molecular flexibility index (Phi) is 5.21. The normalized spacial score (nSPS) is 19.2. The van der Waals surface area contributed by atoms with E-state index in [1.807, 2.05) is 48.5 Å². The number of ether oxygens (including phenoxy) is 1. The van der Waals surface area contributed by atoms with E-state index in [1.54, 1.807) is 0 Å². The molecule has 0 radical (unpaired) electrons. The Hall–Kier alpha value is -1.85. The molecule has 1 atom stereocenters. The standard InChI is InChI=1S/C19H20BrNO3/c20-16-7-3-1-5-14(16)9-10-18(22)21-13-19(23)11-12-24-17-8-4-2-6-15(17)19/h1-8,23H,9-13H2,(H,21,22)/t19-/m1/s1. The van der Waals surface area contributed by atoms with E-state index in [1.165, 1.54) is 0 Å². The van der Waals surface area contributed by atoms with Gasteiger partial charge in [0.2, 0.25) is 5.91 Å². The van der Waals surface area contributed by atoms with Crippen molar-refractivity contribution in [2.75, 3.05) is 13.2 Å². The third-order valence-electron chi connectivity index (χ3n) is 4.32. The lowest BCUT2D eigenvalue weighted by Crippen LogP contribution is -2.43. The van der Waals surface area contributed by atoms with E-state index >= 15 is 0 Å². The summed E-state index contributed by atoms with van der Waals surface area (Å²) in [6, 6.07) is 15.3. The summed E-state index contributed by atoms with van der Waals surface area (Å²) in [7, 11) is 0. The fourth-order valence-corrected chi connectivity index (χ4v) is 3.39. The molecule has 1 aliphatic heterocycles. The molecule has 2 N–H and O–H groups in total. The quantitative estimate of drug-likeness (QED) is 0.825. The Labute approximate surface area is 150 Å². The van der Waals surface area contributed by atoms with Gasteiger partial charge < -0.3 is 15.2 Å². The van der Waals surface area contributed by atoms with Crippen LogP contribution in [-0.4, -0.2) is 24.2 Å². The van der Waals surface area contributed by atoms with Crippen LogP contribution in [0.2, 0.25) is 0 Å². The van der Waals surface area contributed by atoms with Crippen LogP contribution in [0.5, 0.6) is 5.75 Å². The highest BCUT2D eigenvalue weighted by molar-refractivity contribution is 9.10. The second kappa shape index (κ2) is 7.36. The van der Waals surface area contributed by atoms with Gasteiger partial charge in [-0.05, 0) is 24.1 Å². The van der Waals surface area contributed by atoms with Gasteiger partial charge in [0.15, 0.2) is 0 Å². The molecule has 2 aromatic carbocycles. The Morgan fingerprint density at radius 3 is 2.79 bits per heavy atom. The number of aliphatic hydroxyl groups is 1. The number of para-hydroxylation sites is 1. The van der Waals surface area contributed by atoms with Crippen LogP contribution in [0.1, 0.15) is 24.0 Å². The highest BCUT2D eigenvalue weighted by Crippen LogP contribution is 2.36. The Morgan fingerprint density at radius 1 is 1.21 bits per heavy atom. The van der Waals surface area contributed by atoms with Crippen LogP contribution in [0, 0.1) is 0 Å². The van der Waals surface area contributed by atoms with E-state index in [0.717, 1.165) is 15.6 Å². The SMILES string of the molecule is O=C(CCc1ccccc1Br)NC[C@]1(O)CCOc2ccccc21. The molecule has 0 spiro atoms. The van der Waals surface area contributed by atoms with Gasteiger partial charge in [-0.25, -0.2) is 0 Å². The number of benzene rings is 2. The van der Waals surface area contributed by atoms with Crippen LogP contribution < -0.4 is 10.1 Å². The second-order valence-corrected chi connectivity index (χ2v) is 6.85. The van der Waals surface area contributed by atoms with E-state index in [-0.39, 0.29) is 12.5 Å². The van der Waals surface area contributed by atoms with Crippen LogP contribution >= 0.6 is 15.9 Å². The van der Waals surface area contributed by atoms with Crippen molar-refractivity contribution in [3.63, 3.8) is 0 Å². The Bertz CT molecular complexity index is 734. The molecule has 0 aliphatic carbocycles. The van der Waals surface area contributed by atoms with Crippen molar-refractivity contribution >= 4 is 21.8 Å². The monoisotopic (exact) mass is 389 g/mol. The minimum absolute atomic E-state index is 0.0665. The number of fused-ring (bicyclic) bond motifs is 1. The molecule has 0 unspecified atom stereocenters. The highest BCUT2D eigenvalue weighted by Gasteiger charge is 2.35. The molecule has 4 nitrogen and oxygen atoms in total. The van der Waals surface area contributed by atoms with Gasteiger partial charge in [-0.1, -0.05) is 52.3 Å². The van der Waals surface area contributed by atoms with Crippen LogP contribution in [0.25, 0.3) is 0 Å². The smallest absolute Gasteiger partial charge is 0.220 e. The number of aryl methyl sites for hydroxylation is 1. The lowest BCUT2D eigenvalue weighted by molar-refractivity contribution is -0.122. The molecule has 0 saturated carbocycles. The van der Waals surface area contributed by atoms with Gasteiger partial charge in [0.25, 0.3) is 0 Å². The number of rotatable bonds is 5. The van der Waals surface area contributed by atoms with Crippen LogP contribution in [0.3, 0.4) is 0 Å². The van der Waals surface area contributed by atoms with Crippen molar-refractivity contribution in [1.82, 2.24) is 5.32 Å². The van der Waals surface area contributed by atoms with Crippen LogP contribution in [0.15, 0.2) is 53.0 Å². The van der Waals surface area contributed by atoms with Gasteiger partial charge in [0, 0.05) is 22.9 Å². The van der Waals surface area contributed by atoms with E-state index in [2.05, 4.69) is 21.2 Å². The summed E-state index contributed by atoms with van der Waals surface area (Å²) < 4.78 is 6.58. The first-order valence-electron chi connectivity index (χ1n) is 8.03. The van der Waals surface area contributed by atoms with Crippen LogP contribution in [0.4, 0.5) is 0 Å². The van der Waals surface area contributed by atoms with Gasteiger partial charge in [0.1, 0.15) is 11.4 Å². The zero-order valence-corrected chi connectivity index (χ0v) is 14.9. The average molecular weight is 390 g/mol. The summed E-state index contributed by atoms with van der Waals surface area (Å²) in [6.45, 7) is 0.641. The summed E-state index contributed by atoms with van der Waals surface area (Å²) in [6.07, 6.45) is 1.51. The Balaban J connectivity index is 1.58. The average Bonchev–Trinajstić information content (AvgIpc) is 2.60. The lowest BCUT2D eigenvalue weighted by atomic mass is 9.88. The summed E-state index contributed by atoms with van der Waals surface area (Å²) >= 11 is 3.49. The highest BCUT2D eigenvalue weighted by atomic mass is 79.9. The van der Waals surface area contributed by atoms with Crippen molar-refractivity contribution in [3.8, 4) is 5.75 Å². The lowest BCUT2D eigenvalue weighted by Gasteiger charge is -2.34. The zero-order chi connectivity index (χ0) is 17.0. The number of carbonyl (C=O) groups excluding carboxylic acids is 1. The summed E-state index contributed by atoms with van der Waals surface area (Å²) in [4.78, 5) is 12.2. The molecule has 0 aromatic heterocycles. The minimum atomic E-state index is -1.07. The molecule has 0 saturated heterocycles. The maximum Gasteiger partial charge on any atom is 0.220 e. The van der Waals surface area contributed by atoms with Gasteiger partial charge >= 0.3 is 0 Å². The largest absolute Gasteiger partial charge is 0.493 e. The molecule has 126 valence electrons. The van der Waals surface area contributed by atoms with Gasteiger partial charge in [-0.3, -0.25) is 4.79 Å². The molecule has 5 heteroatoms. The van der Waals surface area contributed by atoms with Gasteiger partial charge in [0.05, 0.1) is 13.2 Å². The van der Waals surface area contributed by atoms with Crippen molar-refractivity contribution in [2.45, 2.75) is 24.9 Å². The van der Waals surface area contributed by atoms with E-state index < -0.39 is 5.60 Å². The van der Waals surface area contributed by atoms with Gasteiger partial charge in [-0.15, -0.1) is 0 Å². The van der Waals surface area contributed by atoms with E-state index in [9.17, 15) is 9.90 Å². The summed E-state index contributed by atoms with van der Waals surface area (Å²) in [5.41, 5.74) is 0.766. The van der Waals surface area contributed by atoms with Crippen molar-refractivity contribution in [3.05, 3.63) is 64.1 Å². The number of amides is 1. The summed E-state index contributed by atoms with van der Waals surface area (Å²) in [5.74, 6) is 0.622. The summed E-state index contributed by atoms with van der Waals surface area (Å²) in [5, 5.41) is 13.8. The van der Waals surface area contributed by atoms with Crippen molar-refractivity contribution in [1.29, 1.82) is 0 Å². The minimum Gasteiger partial charge on any atom is -0.493 e. The molecule has 3 rings (SSSR count). The fraction of sp³-hybridized carbons (Fsp3) is 0.316. The zero-order valence-electron chi connectivity index (χ0n) is 13.3. The Morgan fingerprint density at radius 2 is 1.96 bits per heavy atom. The number of nitrogens with one attached hydrogen (secondary N) is 1. The van der Waals surface area contributed by atoms with E-state index in [0.29, 0.717) is 31.6 Å². The second-order valence-electron chi connectivity index (χ2n) is 5.99. The molecule has 1 heterocycles. The first-order chi connectivity index (χ1) is 11.6. The third-order valence-corrected chi connectivity index (χ3v) is 5.09. The molecule has 0 fully saturated rings. The molecular formula is C19H20BrNO3. The fourth-order valence-electron chi connectivity index (χ4n) is 2.91. The molecule has 0 bridgehead atoms. The van der Waals surface area contributed by atoms with Crippen molar-refractivity contribution in [2.24, 2.45) is 0 Å². The topological polar surface area (TPSA) is 58.6 Å². The molecule has 24 heavy (non-hydrogen) atoms. The van der Waals surface area contributed by atoms with Crippen molar-refractivity contribution < 1.29 is 14.6 Å². The predicted molar refractivity (Wildman–Crippen MR) is 95.9 cm³/mol. The molecule has 2 aromatic rings. The molecular weight excluding hydrogens is 370 g/mol. The number of hydrogen-bond acceptors (Lipinski definition) is 3. The first kappa shape index (κ1) is 17.0. The molecule has 1 amide bonds. The number of halogens is 1. The van der Waals surface area contributed by atoms with Gasteiger partial charge in [-0.2, -0.15) is 0 Å². The van der Waals surface area contributed by atoms with Crippen LogP contribution in [-0.2, 0) is 16.8 Å². The third kappa shape index (κ3) is 3.79. The molecule has 1 aliphatic rings. The maximum atomic E-state index is 12.2. The predicted octanol–water partition coefficient (Wildman–Crippen LogP) is 3.17. The first-order valence-corrected chi connectivity index (χ1v) is 8.82. The number of carbonyl (C=O) groups is 1. The van der Waals surface area contributed by atoms with E-state index in [4.69, 9.17) is 4.74 Å². The maximum absolute atomic E-state index is 12.2.